The van der Waals surface area contributed by atoms with Crippen LogP contribution in [0.4, 0.5) is 5.00 Å². The van der Waals surface area contributed by atoms with Gasteiger partial charge in [0.1, 0.15) is 5.82 Å². The normalized spacial score (nSPS) is 15.8. The van der Waals surface area contributed by atoms with E-state index in [1.165, 1.54) is 5.00 Å². The maximum Gasteiger partial charge on any atom is 0.194 e. The number of nitrogens with zero attached hydrogens (tertiary/aromatic N) is 5. The number of guanidine groups is 1. The monoisotopic (exact) mass is 346 g/mol. The number of piperazine rings is 1. The first kappa shape index (κ1) is 16.8. The van der Waals surface area contributed by atoms with Crippen LogP contribution in [0.2, 0.25) is 0 Å². The molecule has 6 nitrogen and oxygen atoms in total. The molecule has 0 aliphatic carbocycles. The SMILES string of the molecule is CCNC(=NCCn1ccnc1C)N1CCN(c2cccs2)CC1. The molecule has 3 heterocycles. The van der Waals surface area contributed by atoms with Crippen molar-refractivity contribution in [2.45, 2.75) is 20.4 Å². The van der Waals surface area contributed by atoms with Gasteiger partial charge in [0.2, 0.25) is 0 Å². The van der Waals surface area contributed by atoms with Gasteiger partial charge in [-0.25, -0.2) is 4.98 Å². The summed E-state index contributed by atoms with van der Waals surface area (Å²) in [6.45, 7) is 10.8. The van der Waals surface area contributed by atoms with E-state index in [4.69, 9.17) is 4.99 Å². The highest BCUT2D eigenvalue weighted by Gasteiger charge is 2.20. The second-order valence-corrected chi connectivity index (χ2v) is 6.76. The molecule has 1 aliphatic rings. The molecule has 2 aromatic heterocycles. The van der Waals surface area contributed by atoms with Gasteiger partial charge in [0.15, 0.2) is 5.96 Å². The number of hydrogen-bond donors (Lipinski definition) is 1. The van der Waals surface area contributed by atoms with Crippen LogP contribution in [-0.4, -0.2) is 59.7 Å². The fraction of sp³-hybridized carbons (Fsp3) is 0.529. The minimum Gasteiger partial charge on any atom is -0.360 e. The third-order valence-corrected chi connectivity index (χ3v) is 5.19. The van der Waals surface area contributed by atoms with Crippen molar-refractivity contribution in [2.24, 2.45) is 4.99 Å². The van der Waals surface area contributed by atoms with Gasteiger partial charge in [-0.2, -0.15) is 0 Å². The Labute approximate surface area is 147 Å². The van der Waals surface area contributed by atoms with Crippen LogP contribution in [0, 0.1) is 6.92 Å². The summed E-state index contributed by atoms with van der Waals surface area (Å²) in [6.07, 6.45) is 3.85. The average molecular weight is 347 g/mol. The Balaban J connectivity index is 1.55. The average Bonchev–Trinajstić information content (AvgIpc) is 3.27. The van der Waals surface area contributed by atoms with E-state index in [2.05, 4.69) is 49.1 Å². The van der Waals surface area contributed by atoms with Gasteiger partial charge in [-0.05, 0) is 31.4 Å². The number of hydrogen-bond acceptors (Lipinski definition) is 4. The molecule has 1 fully saturated rings. The molecule has 0 aromatic carbocycles. The summed E-state index contributed by atoms with van der Waals surface area (Å²) in [6, 6.07) is 4.32. The maximum absolute atomic E-state index is 4.81. The van der Waals surface area contributed by atoms with Crippen molar-refractivity contribution in [3.05, 3.63) is 35.7 Å². The number of aryl methyl sites for hydroxylation is 1. The first-order chi connectivity index (χ1) is 11.8. The zero-order valence-electron chi connectivity index (χ0n) is 14.5. The number of rotatable bonds is 5. The van der Waals surface area contributed by atoms with Gasteiger partial charge in [0.05, 0.1) is 11.5 Å². The minimum atomic E-state index is 0.769. The second-order valence-electron chi connectivity index (χ2n) is 5.83. The molecule has 0 amide bonds. The van der Waals surface area contributed by atoms with Crippen LogP contribution < -0.4 is 10.2 Å². The molecule has 0 unspecified atom stereocenters. The fourth-order valence-electron chi connectivity index (χ4n) is 2.92. The van der Waals surface area contributed by atoms with Crippen LogP contribution in [0.3, 0.4) is 0 Å². The third-order valence-electron chi connectivity index (χ3n) is 4.26. The van der Waals surface area contributed by atoms with E-state index >= 15 is 0 Å². The predicted molar refractivity (Wildman–Crippen MR) is 101 cm³/mol. The van der Waals surface area contributed by atoms with Crippen molar-refractivity contribution in [3.8, 4) is 0 Å². The third kappa shape index (κ3) is 4.08. The van der Waals surface area contributed by atoms with Crippen molar-refractivity contribution >= 4 is 22.3 Å². The molecule has 3 rings (SSSR count). The molecule has 24 heavy (non-hydrogen) atoms. The molecule has 0 atom stereocenters. The molecule has 1 saturated heterocycles. The van der Waals surface area contributed by atoms with Crippen molar-refractivity contribution in [1.29, 1.82) is 0 Å². The second kappa shape index (κ2) is 8.19. The molecule has 2 aromatic rings. The Morgan fingerprint density at radius 2 is 2.17 bits per heavy atom. The highest BCUT2D eigenvalue weighted by atomic mass is 32.1. The lowest BCUT2D eigenvalue weighted by atomic mass is 10.3. The molecular weight excluding hydrogens is 320 g/mol. The lowest BCUT2D eigenvalue weighted by molar-refractivity contribution is 0.373. The van der Waals surface area contributed by atoms with Gasteiger partial charge in [-0.3, -0.25) is 4.99 Å². The molecule has 130 valence electrons. The van der Waals surface area contributed by atoms with Crippen LogP contribution in [-0.2, 0) is 6.54 Å². The zero-order valence-corrected chi connectivity index (χ0v) is 15.3. The first-order valence-corrected chi connectivity index (χ1v) is 9.45. The smallest absolute Gasteiger partial charge is 0.194 e. The number of aromatic nitrogens is 2. The van der Waals surface area contributed by atoms with Gasteiger partial charge in [0, 0.05) is 51.7 Å². The topological polar surface area (TPSA) is 48.7 Å². The molecule has 0 saturated carbocycles. The lowest BCUT2D eigenvalue weighted by Gasteiger charge is -2.37. The van der Waals surface area contributed by atoms with Crippen molar-refractivity contribution < 1.29 is 0 Å². The molecule has 0 spiro atoms. The van der Waals surface area contributed by atoms with Crippen LogP contribution >= 0.6 is 11.3 Å². The van der Waals surface area contributed by atoms with Gasteiger partial charge in [-0.15, -0.1) is 11.3 Å². The van der Waals surface area contributed by atoms with E-state index in [0.29, 0.717) is 0 Å². The zero-order chi connectivity index (χ0) is 16.8. The van der Waals surface area contributed by atoms with Crippen LogP contribution in [0.25, 0.3) is 0 Å². The molecule has 0 bridgehead atoms. The van der Waals surface area contributed by atoms with Crippen LogP contribution in [0.1, 0.15) is 12.7 Å². The highest BCUT2D eigenvalue weighted by Crippen LogP contribution is 2.22. The fourth-order valence-corrected chi connectivity index (χ4v) is 3.70. The first-order valence-electron chi connectivity index (χ1n) is 8.57. The number of anilines is 1. The highest BCUT2D eigenvalue weighted by molar-refractivity contribution is 7.14. The maximum atomic E-state index is 4.81. The van der Waals surface area contributed by atoms with E-state index in [0.717, 1.165) is 57.6 Å². The van der Waals surface area contributed by atoms with Gasteiger partial charge < -0.3 is 19.7 Å². The summed E-state index contributed by atoms with van der Waals surface area (Å²) < 4.78 is 2.14. The van der Waals surface area contributed by atoms with Gasteiger partial charge in [0.25, 0.3) is 0 Å². The lowest BCUT2D eigenvalue weighted by Crippen LogP contribution is -2.52. The Kier molecular flexibility index (Phi) is 5.74. The molecule has 0 radical (unpaired) electrons. The quantitative estimate of drug-likeness (QED) is 0.665. The Morgan fingerprint density at radius 3 is 2.79 bits per heavy atom. The van der Waals surface area contributed by atoms with E-state index in [-0.39, 0.29) is 0 Å². The van der Waals surface area contributed by atoms with Crippen LogP contribution in [0.5, 0.6) is 0 Å². The van der Waals surface area contributed by atoms with E-state index < -0.39 is 0 Å². The summed E-state index contributed by atoms with van der Waals surface area (Å²) >= 11 is 1.82. The Morgan fingerprint density at radius 1 is 1.33 bits per heavy atom. The summed E-state index contributed by atoms with van der Waals surface area (Å²) in [5, 5.41) is 6.94. The summed E-state index contributed by atoms with van der Waals surface area (Å²) in [7, 11) is 0. The number of aliphatic imine (C=N–C) groups is 1. The van der Waals surface area contributed by atoms with Crippen LogP contribution in [0.15, 0.2) is 34.9 Å². The largest absolute Gasteiger partial charge is 0.360 e. The van der Waals surface area contributed by atoms with Crippen molar-refractivity contribution in [1.82, 2.24) is 19.8 Å². The van der Waals surface area contributed by atoms with Gasteiger partial charge >= 0.3 is 0 Å². The van der Waals surface area contributed by atoms with Crippen molar-refractivity contribution in [2.75, 3.05) is 44.2 Å². The Hall–Kier alpha value is -2.02. The molecule has 7 heteroatoms. The standard InChI is InChI=1S/C17H26N6S/c1-3-18-17(20-7-9-21-8-6-19-15(21)2)23-12-10-22(11-13-23)16-5-4-14-24-16/h4-6,8,14H,3,7,9-13H2,1-2H3,(H,18,20). The predicted octanol–water partition coefficient (Wildman–Crippen LogP) is 2.04. The van der Waals surface area contributed by atoms with E-state index in [1.54, 1.807) is 0 Å². The molecule has 1 aliphatic heterocycles. The summed E-state index contributed by atoms with van der Waals surface area (Å²) in [4.78, 5) is 13.9. The summed E-state index contributed by atoms with van der Waals surface area (Å²) in [5.41, 5.74) is 0. The molecular formula is C17H26N6S. The minimum absolute atomic E-state index is 0.769. The summed E-state index contributed by atoms with van der Waals surface area (Å²) in [5.74, 6) is 2.07. The molecule has 1 N–H and O–H groups in total. The number of nitrogens with one attached hydrogen (secondary N) is 1. The van der Waals surface area contributed by atoms with E-state index in [9.17, 15) is 0 Å². The van der Waals surface area contributed by atoms with Crippen molar-refractivity contribution in [3.63, 3.8) is 0 Å². The number of imidazole rings is 1. The number of thiophene rings is 1. The Bertz CT molecular complexity index is 640. The van der Waals surface area contributed by atoms with Gasteiger partial charge in [-0.1, -0.05) is 0 Å². The van der Waals surface area contributed by atoms with E-state index in [1.807, 2.05) is 30.7 Å².